The van der Waals surface area contributed by atoms with Gasteiger partial charge in [0.25, 0.3) is 0 Å². The van der Waals surface area contributed by atoms with Crippen LogP contribution < -0.4 is 14.8 Å². The van der Waals surface area contributed by atoms with Gasteiger partial charge in [-0.25, -0.2) is 0 Å². The molecule has 0 radical (unpaired) electrons. The Morgan fingerprint density at radius 2 is 1.36 bits per heavy atom. The lowest BCUT2D eigenvalue weighted by Crippen LogP contribution is -2.30. The van der Waals surface area contributed by atoms with E-state index in [1.165, 1.54) is 11.8 Å². The molecule has 0 saturated heterocycles. The largest absolute Gasteiger partial charge is 0.497 e. The zero-order valence-electron chi connectivity index (χ0n) is 15.9. The summed E-state index contributed by atoms with van der Waals surface area (Å²) in [5, 5.41) is 3.15. The van der Waals surface area contributed by atoms with Crippen molar-refractivity contribution in [2.75, 3.05) is 20.0 Å². The second kappa shape index (κ2) is 9.85. The lowest BCUT2D eigenvalue weighted by Gasteiger charge is -2.20. The minimum Gasteiger partial charge on any atom is -0.497 e. The number of nitrogens with one attached hydrogen (secondary N) is 1. The molecule has 0 aromatic heterocycles. The molecule has 5 heteroatoms. The van der Waals surface area contributed by atoms with Gasteiger partial charge in [0.15, 0.2) is 0 Å². The summed E-state index contributed by atoms with van der Waals surface area (Å²) < 4.78 is 10.4. The Hall–Kier alpha value is -2.92. The normalized spacial score (nSPS) is 11.5. The summed E-state index contributed by atoms with van der Waals surface area (Å²) in [6, 6.07) is 25.2. The highest BCUT2D eigenvalue weighted by atomic mass is 32.2. The molecule has 1 amide bonds. The summed E-state index contributed by atoms with van der Waals surface area (Å²) in [4.78, 5) is 13.7. The number of carbonyl (C=O) groups is 1. The molecule has 3 rings (SSSR count). The van der Waals surface area contributed by atoms with Gasteiger partial charge in [0.1, 0.15) is 11.5 Å². The molecule has 144 valence electrons. The van der Waals surface area contributed by atoms with E-state index >= 15 is 0 Å². The first-order valence-corrected chi connectivity index (χ1v) is 9.93. The fraction of sp³-hybridized carbons (Fsp3) is 0.174. The van der Waals surface area contributed by atoms with E-state index in [-0.39, 0.29) is 11.9 Å². The molecule has 0 aliphatic rings. The van der Waals surface area contributed by atoms with Crippen LogP contribution in [-0.2, 0) is 4.79 Å². The Labute approximate surface area is 169 Å². The van der Waals surface area contributed by atoms with E-state index in [9.17, 15) is 4.79 Å². The van der Waals surface area contributed by atoms with Gasteiger partial charge in [-0.05, 0) is 47.5 Å². The van der Waals surface area contributed by atoms with Crippen LogP contribution in [-0.4, -0.2) is 25.9 Å². The number of hydrogen-bond donors (Lipinski definition) is 1. The van der Waals surface area contributed by atoms with Crippen LogP contribution in [0, 0.1) is 0 Å². The van der Waals surface area contributed by atoms with E-state index in [1.807, 2.05) is 78.9 Å². The Bertz CT molecular complexity index is 880. The molecule has 0 spiro atoms. The number of carbonyl (C=O) groups excluding carboxylic acids is 1. The van der Waals surface area contributed by atoms with Crippen molar-refractivity contribution in [3.8, 4) is 11.5 Å². The molecule has 3 aromatic rings. The molecule has 0 aliphatic heterocycles. The molecule has 0 heterocycles. The quantitative estimate of drug-likeness (QED) is 0.564. The number of hydrogen-bond acceptors (Lipinski definition) is 4. The van der Waals surface area contributed by atoms with E-state index < -0.39 is 0 Å². The predicted octanol–water partition coefficient (Wildman–Crippen LogP) is 4.70. The van der Waals surface area contributed by atoms with Gasteiger partial charge in [0.2, 0.25) is 5.91 Å². The van der Waals surface area contributed by atoms with Gasteiger partial charge in [-0.1, -0.05) is 42.5 Å². The van der Waals surface area contributed by atoms with Gasteiger partial charge in [0.05, 0.1) is 26.0 Å². The summed E-state index contributed by atoms with van der Waals surface area (Å²) in [5.41, 5.74) is 2.05. The molecule has 0 aliphatic carbocycles. The molecule has 1 unspecified atom stereocenters. The van der Waals surface area contributed by atoms with E-state index in [4.69, 9.17) is 9.47 Å². The summed E-state index contributed by atoms with van der Waals surface area (Å²) >= 11 is 1.50. The minimum atomic E-state index is -0.212. The average molecular weight is 394 g/mol. The van der Waals surface area contributed by atoms with Crippen LogP contribution in [0.25, 0.3) is 0 Å². The van der Waals surface area contributed by atoms with Gasteiger partial charge >= 0.3 is 0 Å². The number of thioether (sulfide) groups is 1. The molecule has 0 fully saturated rings. The van der Waals surface area contributed by atoms with Crippen molar-refractivity contribution >= 4 is 17.7 Å². The zero-order valence-corrected chi connectivity index (χ0v) is 16.7. The Balaban J connectivity index is 1.70. The van der Waals surface area contributed by atoms with Crippen LogP contribution in [0.5, 0.6) is 11.5 Å². The molecule has 4 nitrogen and oxygen atoms in total. The van der Waals surface area contributed by atoms with Gasteiger partial charge in [0, 0.05) is 4.90 Å². The summed E-state index contributed by atoms with van der Waals surface area (Å²) in [6.07, 6.45) is 0. The van der Waals surface area contributed by atoms with Crippen molar-refractivity contribution in [2.24, 2.45) is 0 Å². The molecule has 28 heavy (non-hydrogen) atoms. The Kier molecular flexibility index (Phi) is 6.98. The molecule has 0 bridgehead atoms. The average Bonchev–Trinajstić information content (AvgIpc) is 2.77. The van der Waals surface area contributed by atoms with Crippen molar-refractivity contribution in [2.45, 2.75) is 10.9 Å². The highest BCUT2D eigenvalue weighted by Crippen LogP contribution is 2.25. The molecule has 1 N–H and O–H groups in total. The van der Waals surface area contributed by atoms with Gasteiger partial charge < -0.3 is 14.8 Å². The topological polar surface area (TPSA) is 47.6 Å². The maximum Gasteiger partial charge on any atom is 0.231 e. The SMILES string of the molecule is COc1ccc(SCC(=O)NC(c2ccccc2)c2ccc(OC)cc2)cc1. The molecular weight excluding hydrogens is 370 g/mol. The van der Waals surface area contributed by atoms with E-state index in [1.54, 1.807) is 14.2 Å². The number of benzene rings is 3. The lowest BCUT2D eigenvalue weighted by atomic mass is 9.98. The summed E-state index contributed by atoms with van der Waals surface area (Å²) in [7, 11) is 3.28. The maximum atomic E-state index is 12.6. The molecule has 1 atom stereocenters. The van der Waals surface area contributed by atoms with Crippen LogP contribution in [0.15, 0.2) is 83.8 Å². The Morgan fingerprint density at radius 3 is 1.93 bits per heavy atom. The zero-order chi connectivity index (χ0) is 19.8. The van der Waals surface area contributed by atoms with Gasteiger partial charge in [-0.15, -0.1) is 11.8 Å². The van der Waals surface area contributed by atoms with Crippen LogP contribution in [0.3, 0.4) is 0 Å². The lowest BCUT2D eigenvalue weighted by molar-refractivity contribution is -0.119. The molecular formula is C23H23NO3S. The first kappa shape index (κ1) is 19.8. The first-order valence-electron chi connectivity index (χ1n) is 8.94. The fourth-order valence-electron chi connectivity index (χ4n) is 2.82. The van der Waals surface area contributed by atoms with Crippen LogP contribution in [0.4, 0.5) is 0 Å². The predicted molar refractivity (Wildman–Crippen MR) is 113 cm³/mol. The highest BCUT2D eigenvalue weighted by molar-refractivity contribution is 8.00. The van der Waals surface area contributed by atoms with Crippen molar-refractivity contribution in [1.29, 1.82) is 0 Å². The van der Waals surface area contributed by atoms with E-state index in [2.05, 4.69) is 5.32 Å². The minimum absolute atomic E-state index is 0.0227. The third kappa shape index (κ3) is 5.30. The number of methoxy groups -OCH3 is 2. The van der Waals surface area contributed by atoms with Crippen LogP contribution in [0.1, 0.15) is 17.2 Å². The maximum absolute atomic E-state index is 12.6. The second-order valence-corrected chi connectivity index (χ2v) is 7.20. The van der Waals surface area contributed by atoms with Gasteiger partial charge in [-0.3, -0.25) is 4.79 Å². The number of ether oxygens (including phenoxy) is 2. The monoisotopic (exact) mass is 393 g/mol. The van der Waals surface area contributed by atoms with E-state index in [0.717, 1.165) is 27.5 Å². The van der Waals surface area contributed by atoms with Gasteiger partial charge in [-0.2, -0.15) is 0 Å². The summed E-state index contributed by atoms with van der Waals surface area (Å²) in [5.74, 6) is 1.91. The summed E-state index contributed by atoms with van der Waals surface area (Å²) in [6.45, 7) is 0. The van der Waals surface area contributed by atoms with Crippen LogP contribution in [0.2, 0.25) is 0 Å². The third-order valence-corrected chi connectivity index (χ3v) is 5.33. The van der Waals surface area contributed by atoms with Crippen molar-refractivity contribution in [1.82, 2.24) is 5.32 Å². The smallest absolute Gasteiger partial charge is 0.231 e. The second-order valence-electron chi connectivity index (χ2n) is 6.15. The number of amides is 1. The first-order chi connectivity index (χ1) is 13.7. The van der Waals surface area contributed by atoms with Crippen molar-refractivity contribution in [3.05, 3.63) is 90.0 Å². The standard InChI is InChI=1S/C23H23NO3S/c1-26-19-10-8-18(9-11-19)23(17-6-4-3-5-7-17)24-22(25)16-28-21-14-12-20(27-2)13-15-21/h3-15,23H,16H2,1-2H3,(H,24,25). The molecule has 0 saturated carbocycles. The molecule has 3 aromatic carbocycles. The number of rotatable bonds is 8. The fourth-order valence-corrected chi connectivity index (χ4v) is 3.53. The third-order valence-electron chi connectivity index (χ3n) is 4.32. The van der Waals surface area contributed by atoms with Crippen molar-refractivity contribution < 1.29 is 14.3 Å². The Morgan fingerprint density at radius 1 is 0.821 bits per heavy atom. The van der Waals surface area contributed by atoms with Crippen molar-refractivity contribution in [3.63, 3.8) is 0 Å². The van der Waals surface area contributed by atoms with E-state index in [0.29, 0.717) is 5.75 Å². The highest BCUT2D eigenvalue weighted by Gasteiger charge is 2.17. The van der Waals surface area contributed by atoms with Crippen LogP contribution >= 0.6 is 11.8 Å².